The molecule has 0 spiro atoms. The molecule has 0 saturated heterocycles. The van der Waals surface area contributed by atoms with Crippen LogP contribution in [0.15, 0.2) is 28.7 Å². The van der Waals surface area contributed by atoms with Gasteiger partial charge in [-0.3, -0.25) is 0 Å². The van der Waals surface area contributed by atoms with Crippen LogP contribution < -0.4 is 10.1 Å². The SMILES string of the molecule is CCNCCCC(C)Oc1ccccc1Br. The van der Waals surface area contributed by atoms with E-state index in [4.69, 9.17) is 4.74 Å². The molecule has 0 aliphatic rings. The summed E-state index contributed by atoms with van der Waals surface area (Å²) in [6.45, 7) is 6.35. The maximum atomic E-state index is 5.85. The number of nitrogens with one attached hydrogen (secondary N) is 1. The third kappa shape index (κ3) is 4.99. The van der Waals surface area contributed by atoms with Crippen molar-refractivity contribution in [2.75, 3.05) is 13.1 Å². The molecule has 0 aromatic heterocycles. The first kappa shape index (κ1) is 13.5. The summed E-state index contributed by atoms with van der Waals surface area (Å²) in [6, 6.07) is 7.98. The van der Waals surface area contributed by atoms with Crippen molar-refractivity contribution < 1.29 is 4.74 Å². The summed E-state index contributed by atoms with van der Waals surface area (Å²) >= 11 is 3.48. The van der Waals surface area contributed by atoms with Crippen LogP contribution in [0.4, 0.5) is 0 Å². The summed E-state index contributed by atoms with van der Waals surface area (Å²) in [6.07, 6.45) is 2.49. The van der Waals surface area contributed by atoms with Crippen molar-refractivity contribution in [2.24, 2.45) is 0 Å². The topological polar surface area (TPSA) is 21.3 Å². The number of rotatable bonds is 7. The molecule has 1 atom stereocenters. The number of ether oxygens (including phenoxy) is 1. The molecule has 90 valence electrons. The second-order valence-corrected chi connectivity index (χ2v) is 4.71. The smallest absolute Gasteiger partial charge is 0.133 e. The normalized spacial score (nSPS) is 12.4. The Morgan fingerprint density at radius 1 is 1.38 bits per heavy atom. The Morgan fingerprint density at radius 2 is 2.12 bits per heavy atom. The minimum atomic E-state index is 0.261. The monoisotopic (exact) mass is 285 g/mol. The van der Waals surface area contributed by atoms with E-state index in [0.717, 1.165) is 36.2 Å². The number of benzene rings is 1. The van der Waals surface area contributed by atoms with Crippen LogP contribution in [0.2, 0.25) is 0 Å². The average Bonchev–Trinajstić information content (AvgIpc) is 2.28. The van der Waals surface area contributed by atoms with Crippen molar-refractivity contribution in [3.63, 3.8) is 0 Å². The molecule has 0 aliphatic carbocycles. The molecule has 1 aromatic rings. The number of hydrogen-bond donors (Lipinski definition) is 1. The van der Waals surface area contributed by atoms with Gasteiger partial charge < -0.3 is 10.1 Å². The average molecular weight is 286 g/mol. The van der Waals surface area contributed by atoms with Crippen LogP contribution >= 0.6 is 15.9 Å². The lowest BCUT2D eigenvalue weighted by atomic mass is 10.2. The first-order chi connectivity index (χ1) is 7.74. The standard InChI is InChI=1S/C13H20BrNO/c1-3-15-10-6-7-11(2)16-13-9-5-4-8-12(13)14/h4-5,8-9,11,15H,3,6-7,10H2,1-2H3. The molecule has 3 heteroatoms. The third-order valence-corrected chi connectivity index (χ3v) is 3.03. The van der Waals surface area contributed by atoms with E-state index >= 15 is 0 Å². The van der Waals surface area contributed by atoms with Crippen LogP contribution in [-0.2, 0) is 0 Å². The molecule has 16 heavy (non-hydrogen) atoms. The molecule has 2 nitrogen and oxygen atoms in total. The van der Waals surface area contributed by atoms with Gasteiger partial charge in [0, 0.05) is 0 Å². The first-order valence-electron chi connectivity index (χ1n) is 5.86. The highest BCUT2D eigenvalue weighted by molar-refractivity contribution is 9.10. The second-order valence-electron chi connectivity index (χ2n) is 3.85. The highest BCUT2D eigenvalue weighted by Gasteiger charge is 2.05. The molecule has 0 amide bonds. The quantitative estimate of drug-likeness (QED) is 0.773. The van der Waals surface area contributed by atoms with E-state index in [-0.39, 0.29) is 6.10 Å². The van der Waals surface area contributed by atoms with E-state index in [1.807, 2.05) is 24.3 Å². The summed E-state index contributed by atoms with van der Waals surface area (Å²) in [5.74, 6) is 0.929. The van der Waals surface area contributed by atoms with Crippen LogP contribution in [0.5, 0.6) is 5.75 Å². The van der Waals surface area contributed by atoms with E-state index in [0.29, 0.717) is 0 Å². The lowest BCUT2D eigenvalue weighted by Crippen LogP contribution is -2.18. The lowest BCUT2D eigenvalue weighted by Gasteiger charge is -2.15. The molecule has 0 fully saturated rings. The van der Waals surface area contributed by atoms with E-state index in [1.54, 1.807) is 0 Å². The van der Waals surface area contributed by atoms with Crippen molar-refractivity contribution in [3.8, 4) is 5.75 Å². The second kappa shape index (κ2) is 7.69. The van der Waals surface area contributed by atoms with Crippen molar-refractivity contribution in [1.29, 1.82) is 0 Å². The zero-order valence-corrected chi connectivity index (χ0v) is 11.6. The summed E-state index contributed by atoms with van der Waals surface area (Å²) in [7, 11) is 0. The molecule has 0 radical (unpaired) electrons. The molecular formula is C13H20BrNO. The summed E-state index contributed by atoms with van der Waals surface area (Å²) in [4.78, 5) is 0. The summed E-state index contributed by atoms with van der Waals surface area (Å²) < 4.78 is 6.87. The van der Waals surface area contributed by atoms with Crippen LogP contribution in [-0.4, -0.2) is 19.2 Å². The first-order valence-corrected chi connectivity index (χ1v) is 6.65. The Kier molecular flexibility index (Phi) is 6.50. The summed E-state index contributed by atoms with van der Waals surface area (Å²) in [5.41, 5.74) is 0. The van der Waals surface area contributed by atoms with Crippen molar-refractivity contribution in [3.05, 3.63) is 28.7 Å². The van der Waals surface area contributed by atoms with Gasteiger partial charge in [-0.1, -0.05) is 19.1 Å². The maximum absolute atomic E-state index is 5.85. The summed E-state index contributed by atoms with van der Waals surface area (Å²) in [5, 5.41) is 3.31. The fraction of sp³-hybridized carbons (Fsp3) is 0.538. The van der Waals surface area contributed by atoms with Gasteiger partial charge in [0.25, 0.3) is 0 Å². The Morgan fingerprint density at radius 3 is 2.81 bits per heavy atom. The Bertz CT molecular complexity index is 304. The Balaban J connectivity index is 2.28. The molecule has 1 aromatic carbocycles. The number of halogens is 1. The van der Waals surface area contributed by atoms with Gasteiger partial charge in [-0.05, 0) is 60.9 Å². The van der Waals surface area contributed by atoms with Gasteiger partial charge in [0.15, 0.2) is 0 Å². The van der Waals surface area contributed by atoms with Crippen molar-refractivity contribution in [2.45, 2.75) is 32.8 Å². The zero-order valence-electron chi connectivity index (χ0n) is 10.0. The Labute approximate surface area is 107 Å². The molecule has 0 heterocycles. The maximum Gasteiger partial charge on any atom is 0.133 e. The molecule has 1 unspecified atom stereocenters. The fourth-order valence-electron chi connectivity index (χ4n) is 1.51. The minimum absolute atomic E-state index is 0.261. The number of para-hydroxylation sites is 1. The molecule has 1 N–H and O–H groups in total. The molecule has 0 aliphatic heterocycles. The van der Waals surface area contributed by atoms with Gasteiger partial charge in [0.2, 0.25) is 0 Å². The molecule has 0 saturated carbocycles. The van der Waals surface area contributed by atoms with Gasteiger partial charge in [-0.15, -0.1) is 0 Å². The lowest BCUT2D eigenvalue weighted by molar-refractivity contribution is 0.206. The molecular weight excluding hydrogens is 266 g/mol. The minimum Gasteiger partial charge on any atom is -0.490 e. The molecule has 1 rings (SSSR count). The van der Waals surface area contributed by atoms with Gasteiger partial charge >= 0.3 is 0 Å². The Hall–Kier alpha value is -0.540. The third-order valence-electron chi connectivity index (χ3n) is 2.38. The largest absolute Gasteiger partial charge is 0.490 e. The van der Waals surface area contributed by atoms with E-state index in [1.165, 1.54) is 0 Å². The fourth-order valence-corrected chi connectivity index (χ4v) is 1.89. The van der Waals surface area contributed by atoms with Gasteiger partial charge in [-0.25, -0.2) is 0 Å². The van der Waals surface area contributed by atoms with Crippen LogP contribution in [0.3, 0.4) is 0 Å². The van der Waals surface area contributed by atoms with E-state index < -0.39 is 0 Å². The highest BCUT2D eigenvalue weighted by atomic mass is 79.9. The van der Waals surface area contributed by atoms with Gasteiger partial charge in [-0.2, -0.15) is 0 Å². The van der Waals surface area contributed by atoms with Crippen molar-refractivity contribution in [1.82, 2.24) is 5.32 Å². The van der Waals surface area contributed by atoms with Crippen LogP contribution in [0, 0.1) is 0 Å². The van der Waals surface area contributed by atoms with Crippen LogP contribution in [0.1, 0.15) is 26.7 Å². The van der Waals surface area contributed by atoms with Gasteiger partial charge in [0.1, 0.15) is 5.75 Å². The van der Waals surface area contributed by atoms with Gasteiger partial charge in [0.05, 0.1) is 10.6 Å². The number of hydrogen-bond acceptors (Lipinski definition) is 2. The van der Waals surface area contributed by atoms with E-state index in [9.17, 15) is 0 Å². The molecule has 0 bridgehead atoms. The highest BCUT2D eigenvalue weighted by Crippen LogP contribution is 2.25. The predicted octanol–water partition coefficient (Wildman–Crippen LogP) is 3.61. The predicted molar refractivity (Wildman–Crippen MR) is 72.0 cm³/mol. The zero-order chi connectivity index (χ0) is 11.8. The van der Waals surface area contributed by atoms with Crippen molar-refractivity contribution >= 4 is 15.9 Å². The van der Waals surface area contributed by atoms with E-state index in [2.05, 4.69) is 35.1 Å². The van der Waals surface area contributed by atoms with Crippen LogP contribution in [0.25, 0.3) is 0 Å².